The molecule has 5 nitrogen and oxygen atoms in total. The monoisotopic (exact) mass is 434 g/mol. The van der Waals surface area contributed by atoms with Gasteiger partial charge in [-0.15, -0.1) is 0 Å². The Morgan fingerprint density at radius 3 is 2.55 bits per heavy atom. The Labute approximate surface area is 179 Å². The van der Waals surface area contributed by atoms with Crippen LogP contribution >= 0.6 is 11.6 Å². The second-order valence-electron chi connectivity index (χ2n) is 6.86. The van der Waals surface area contributed by atoms with Crippen LogP contribution in [0.2, 0.25) is 5.02 Å². The molecule has 0 radical (unpaired) electrons. The second-order valence-corrected chi connectivity index (χ2v) is 7.29. The molecule has 0 fully saturated rings. The molecule has 5 aromatic rings. The van der Waals surface area contributed by atoms with Crippen LogP contribution in [0.25, 0.3) is 39.0 Å². The molecule has 0 unspecified atom stereocenters. The summed E-state index contributed by atoms with van der Waals surface area (Å²) in [5.41, 5.74) is 2.77. The van der Waals surface area contributed by atoms with Crippen LogP contribution in [-0.2, 0) is 0 Å². The van der Waals surface area contributed by atoms with Crippen molar-refractivity contribution in [3.05, 3.63) is 100 Å². The number of benzene rings is 3. The summed E-state index contributed by atoms with van der Waals surface area (Å²) >= 11 is 6.07. The molecule has 0 spiro atoms. The lowest BCUT2D eigenvalue weighted by atomic mass is 9.92. The zero-order chi connectivity index (χ0) is 21.5. The maximum absolute atomic E-state index is 14.7. The Hall–Kier alpha value is -3.84. The molecule has 152 valence electrons. The Morgan fingerprint density at radius 1 is 0.968 bits per heavy atom. The van der Waals surface area contributed by atoms with Crippen molar-refractivity contribution in [2.75, 3.05) is 0 Å². The van der Waals surface area contributed by atoms with Gasteiger partial charge < -0.3 is 4.98 Å². The molecule has 8 heteroatoms. The quantitative estimate of drug-likeness (QED) is 0.415. The van der Waals surface area contributed by atoms with E-state index in [0.717, 1.165) is 11.6 Å². The first kappa shape index (κ1) is 19.1. The molecule has 31 heavy (non-hydrogen) atoms. The van der Waals surface area contributed by atoms with E-state index in [-0.39, 0.29) is 11.1 Å². The lowest BCUT2D eigenvalue weighted by Crippen LogP contribution is -2.07. The number of hydrogen-bond acceptors (Lipinski definition) is 3. The van der Waals surface area contributed by atoms with Crippen molar-refractivity contribution in [1.29, 1.82) is 0 Å². The number of hydrogen-bond donors (Lipinski definition) is 1. The average Bonchev–Trinajstić information content (AvgIpc) is 3.19. The van der Waals surface area contributed by atoms with Crippen molar-refractivity contribution in [1.82, 2.24) is 19.7 Å². The molecule has 2 heterocycles. The summed E-state index contributed by atoms with van der Waals surface area (Å²) in [7, 11) is 0. The number of halogens is 3. The summed E-state index contributed by atoms with van der Waals surface area (Å²) in [6.07, 6.45) is 2.73. The minimum Gasteiger partial charge on any atom is -0.312 e. The number of rotatable bonds is 3. The first-order valence-electron chi connectivity index (χ1n) is 9.29. The molecule has 2 aromatic heterocycles. The summed E-state index contributed by atoms with van der Waals surface area (Å²) in [4.78, 5) is 18.9. The highest BCUT2D eigenvalue weighted by Crippen LogP contribution is 2.38. The largest absolute Gasteiger partial charge is 0.312 e. The van der Waals surface area contributed by atoms with Crippen LogP contribution in [0.4, 0.5) is 8.78 Å². The van der Waals surface area contributed by atoms with Crippen LogP contribution in [0.5, 0.6) is 0 Å². The lowest BCUT2D eigenvalue weighted by Gasteiger charge is -2.16. The summed E-state index contributed by atoms with van der Waals surface area (Å²) < 4.78 is 29.8. The first-order chi connectivity index (χ1) is 15.0. The van der Waals surface area contributed by atoms with E-state index < -0.39 is 11.6 Å². The lowest BCUT2D eigenvalue weighted by molar-refractivity contribution is 0.585. The third kappa shape index (κ3) is 3.29. The topological polar surface area (TPSA) is 63.6 Å². The fraction of sp³-hybridized carbons (Fsp3) is 0. The molecule has 0 aliphatic carbocycles. The molecule has 0 saturated heterocycles. The van der Waals surface area contributed by atoms with Gasteiger partial charge in [0.1, 0.15) is 17.0 Å². The molecule has 5 rings (SSSR count). The average molecular weight is 435 g/mol. The highest BCUT2D eigenvalue weighted by Gasteiger charge is 2.19. The number of nitrogens with one attached hydrogen (secondary N) is 1. The molecule has 0 saturated carbocycles. The van der Waals surface area contributed by atoms with E-state index in [1.54, 1.807) is 42.5 Å². The predicted molar refractivity (Wildman–Crippen MR) is 115 cm³/mol. The van der Waals surface area contributed by atoms with Gasteiger partial charge in [0, 0.05) is 22.2 Å². The zero-order valence-corrected chi connectivity index (χ0v) is 16.6. The fourth-order valence-electron chi connectivity index (χ4n) is 3.60. The molecule has 1 N–H and O–H groups in total. The van der Waals surface area contributed by atoms with Crippen molar-refractivity contribution in [3.63, 3.8) is 0 Å². The molecule has 3 aromatic carbocycles. The molecule has 0 atom stereocenters. The Balaban J connectivity index is 1.86. The van der Waals surface area contributed by atoms with E-state index >= 15 is 0 Å². The maximum Gasteiger partial charge on any atom is 0.261 e. The van der Waals surface area contributed by atoms with Crippen molar-refractivity contribution >= 4 is 22.6 Å². The Bertz CT molecular complexity index is 1490. The number of aromatic amines is 1. The second kappa shape index (κ2) is 7.45. The maximum atomic E-state index is 14.7. The van der Waals surface area contributed by atoms with E-state index in [4.69, 9.17) is 11.6 Å². The van der Waals surface area contributed by atoms with Crippen LogP contribution < -0.4 is 5.56 Å². The van der Waals surface area contributed by atoms with E-state index in [0.29, 0.717) is 32.9 Å². The molecule has 0 aliphatic heterocycles. The summed E-state index contributed by atoms with van der Waals surface area (Å²) in [5, 5.41) is 5.23. The van der Waals surface area contributed by atoms with Crippen LogP contribution in [-0.4, -0.2) is 19.7 Å². The highest BCUT2D eigenvalue weighted by molar-refractivity contribution is 6.30. The van der Waals surface area contributed by atoms with Gasteiger partial charge in [0.15, 0.2) is 5.65 Å². The SMILES string of the molecule is O=c1[nH]cnc2c1cnn2-c1cccc(-c2ccc(F)cc2F)c1-c1ccc(Cl)cc1. The Morgan fingerprint density at radius 2 is 1.77 bits per heavy atom. The Kier molecular flexibility index (Phi) is 4.60. The van der Waals surface area contributed by atoms with Crippen LogP contribution in [0.3, 0.4) is 0 Å². The smallest absolute Gasteiger partial charge is 0.261 e. The van der Waals surface area contributed by atoms with Crippen molar-refractivity contribution < 1.29 is 8.78 Å². The van der Waals surface area contributed by atoms with E-state index in [1.165, 1.54) is 29.3 Å². The summed E-state index contributed by atoms with van der Waals surface area (Å²) in [6.45, 7) is 0. The van der Waals surface area contributed by atoms with Gasteiger partial charge in [0.25, 0.3) is 5.56 Å². The van der Waals surface area contributed by atoms with Gasteiger partial charge >= 0.3 is 0 Å². The molecular weight excluding hydrogens is 422 g/mol. The molecule has 0 aliphatic rings. The molecular formula is C23H13ClF2N4O. The molecule has 0 amide bonds. The number of aromatic nitrogens is 4. The van der Waals surface area contributed by atoms with Gasteiger partial charge in [-0.1, -0.05) is 35.9 Å². The van der Waals surface area contributed by atoms with Gasteiger partial charge in [0.05, 0.1) is 18.2 Å². The summed E-state index contributed by atoms with van der Waals surface area (Å²) in [5.74, 6) is -1.35. The van der Waals surface area contributed by atoms with Gasteiger partial charge in [-0.05, 0) is 41.5 Å². The van der Waals surface area contributed by atoms with Crippen LogP contribution in [0.15, 0.2) is 78.0 Å². The van der Waals surface area contributed by atoms with Crippen LogP contribution in [0, 0.1) is 11.6 Å². The van der Waals surface area contributed by atoms with Gasteiger partial charge in [-0.3, -0.25) is 4.79 Å². The standard InChI is InChI=1S/C23H13ClF2N4O/c24-14-6-4-13(5-7-14)21-17(16-9-8-15(25)10-19(16)26)2-1-3-20(21)30-22-18(11-29-30)23(31)28-12-27-22/h1-12H,(H,27,28,31). The summed E-state index contributed by atoms with van der Waals surface area (Å²) in [6, 6.07) is 15.8. The van der Waals surface area contributed by atoms with E-state index in [9.17, 15) is 13.6 Å². The van der Waals surface area contributed by atoms with Crippen molar-refractivity contribution in [3.8, 4) is 27.9 Å². The first-order valence-corrected chi connectivity index (χ1v) is 9.67. The highest BCUT2D eigenvalue weighted by atomic mass is 35.5. The minimum atomic E-state index is -0.688. The van der Waals surface area contributed by atoms with E-state index in [2.05, 4.69) is 15.1 Å². The number of H-pyrrole nitrogens is 1. The fourth-order valence-corrected chi connectivity index (χ4v) is 3.73. The normalized spacial score (nSPS) is 11.2. The van der Waals surface area contributed by atoms with Crippen molar-refractivity contribution in [2.45, 2.75) is 0 Å². The zero-order valence-electron chi connectivity index (χ0n) is 15.8. The van der Waals surface area contributed by atoms with Crippen LogP contribution in [0.1, 0.15) is 0 Å². The number of nitrogens with zero attached hydrogens (tertiary/aromatic N) is 3. The van der Waals surface area contributed by atoms with E-state index in [1.807, 2.05) is 0 Å². The van der Waals surface area contributed by atoms with Gasteiger partial charge in [-0.2, -0.15) is 5.10 Å². The van der Waals surface area contributed by atoms with Gasteiger partial charge in [-0.25, -0.2) is 18.4 Å². The third-order valence-corrected chi connectivity index (χ3v) is 5.25. The van der Waals surface area contributed by atoms with Gasteiger partial charge in [0.2, 0.25) is 0 Å². The van der Waals surface area contributed by atoms with Crippen molar-refractivity contribution in [2.24, 2.45) is 0 Å². The predicted octanol–water partition coefficient (Wildman–Crippen LogP) is 5.37. The third-order valence-electron chi connectivity index (χ3n) is 5.00. The minimum absolute atomic E-state index is 0.232. The number of fused-ring (bicyclic) bond motifs is 1. The molecule has 0 bridgehead atoms.